The number of carbonyl (C=O) groups is 1. The maximum Gasteiger partial charge on any atom is 0.334 e. The van der Waals surface area contributed by atoms with Gasteiger partial charge in [0.2, 0.25) is 0 Å². The van der Waals surface area contributed by atoms with Gasteiger partial charge in [-0.2, -0.15) is 0 Å². The van der Waals surface area contributed by atoms with Crippen molar-refractivity contribution in [1.29, 1.82) is 0 Å². The summed E-state index contributed by atoms with van der Waals surface area (Å²) >= 11 is 0. The zero-order chi connectivity index (χ0) is 10.4. The van der Waals surface area contributed by atoms with Crippen molar-refractivity contribution in [2.45, 2.75) is 25.9 Å². The van der Waals surface area contributed by atoms with Gasteiger partial charge in [-0.25, -0.2) is 4.79 Å². The van der Waals surface area contributed by atoms with Gasteiger partial charge in [-0.15, -0.1) is 0 Å². The SMILES string of the molecule is C=C(C)C(=C)CCC(O)C(=O)OC. The molecule has 0 bridgehead atoms. The molecule has 1 atom stereocenters. The van der Waals surface area contributed by atoms with Crippen molar-refractivity contribution in [3.63, 3.8) is 0 Å². The van der Waals surface area contributed by atoms with Crippen LogP contribution in [-0.4, -0.2) is 24.3 Å². The lowest BCUT2D eigenvalue weighted by Crippen LogP contribution is -2.21. The molecule has 0 aromatic rings. The third-order valence-electron chi connectivity index (χ3n) is 1.80. The molecule has 0 aliphatic carbocycles. The van der Waals surface area contributed by atoms with Crippen LogP contribution in [0.25, 0.3) is 0 Å². The zero-order valence-electron chi connectivity index (χ0n) is 8.17. The molecule has 74 valence electrons. The second-order valence-corrected chi connectivity index (χ2v) is 2.96. The summed E-state index contributed by atoms with van der Waals surface area (Å²) in [6.07, 6.45) is -0.162. The minimum Gasteiger partial charge on any atom is -0.467 e. The minimum absolute atomic E-state index is 0.332. The van der Waals surface area contributed by atoms with Gasteiger partial charge in [-0.1, -0.05) is 24.3 Å². The van der Waals surface area contributed by atoms with Crippen LogP contribution in [0.4, 0.5) is 0 Å². The third kappa shape index (κ3) is 4.48. The van der Waals surface area contributed by atoms with E-state index in [2.05, 4.69) is 17.9 Å². The Kier molecular flexibility index (Phi) is 5.07. The Morgan fingerprint density at radius 1 is 1.54 bits per heavy atom. The Bertz CT molecular complexity index is 218. The first-order valence-electron chi connectivity index (χ1n) is 4.08. The van der Waals surface area contributed by atoms with E-state index in [1.54, 1.807) is 0 Å². The fourth-order valence-electron chi connectivity index (χ4n) is 0.778. The molecular weight excluding hydrogens is 168 g/mol. The van der Waals surface area contributed by atoms with E-state index in [0.29, 0.717) is 12.8 Å². The van der Waals surface area contributed by atoms with Crippen LogP contribution in [0.5, 0.6) is 0 Å². The van der Waals surface area contributed by atoms with E-state index in [1.807, 2.05) is 6.92 Å². The average molecular weight is 184 g/mol. The van der Waals surface area contributed by atoms with Gasteiger partial charge in [0.1, 0.15) is 0 Å². The van der Waals surface area contributed by atoms with Gasteiger partial charge in [0.05, 0.1) is 7.11 Å². The highest BCUT2D eigenvalue weighted by Crippen LogP contribution is 2.13. The molecule has 0 radical (unpaired) electrons. The Morgan fingerprint density at radius 3 is 2.46 bits per heavy atom. The quantitative estimate of drug-likeness (QED) is 0.519. The Balaban J connectivity index is 3.83. The zero-order valence-corrected chi connectivity index (χ0v) is 8.17. The largest absolute Gasteiger partial charge is 0.467 e. The molecule has 0 saturated carbocycles. The molecule has 0 fully saturated rings. The Labute approximate surface area is 78.7 Å². The van der Waals surface area contributed by atoms with E-state index >= 15 is 0 Å². The fourth-order valence-corrected chi connectivity index (χ4v) is 0.778. The van der Waals surface area contributed by atoms with Crippen LogP contribution in [0.3, 0.4) is 0 Å². The van der Waals surface area contributed by atoms with Crippen molar-refractivity contribution in [2.75, 3.05) is 7.11 Å². The van der Waals surface area contributed by atoms with Crippen molar-refractivity contribution in [2.24, 2.45) is 0 Å². The monoisotopic (exact) mass is 184 g/mol. The van der Waals surface area contributed by atoms with E-state index in [9.17, 15) is 9.90 Å². The second-order valence-electron chi connectivity index (χ2n) is 2.96. The van der Waals surface area contributed by atoms with Crippen LogP contribution in [0, 0.1) is 0 Å². The molecule has 0 aromatic heterocycles. The highest BCUT2D eigenvalue weighted by Gasteiger charge is 2.14. The van der Waals surface area contributed by atoms with Crippen LogP contribution in [0.15, 0.2) is 24.3 Å². The summed E-state index contributed by atoms with van der Waals surface area (Å²) in [5.74, 6) is -0.602. The van der Waals surface area contributed by atoms with Gasteiger partial charge < -0.3 is 9.84 Å². The second kappa shape index (κ2) is 5.54. The van der Waals surface area contributed by atoms with E-state index in [1.165, 1.54) is 7.11 Å². The van der Waals surface area contributed by atoms with Gasteiger partial charge in [-0.3, -0.25) is 0 Å². The molecule has 3 heteroatoms. The Morgan fingerprint density at radius 2 is 2.08 bits per heavy atom. The number of carbonyl (C=O) groups excluding carboxylic acids is 1. The number of aliphatic hydroxyl groups is 1. The minimum atomic E-state index is -1.05. The normalized spacial score (nSPS) is 11.9. The summed E-state index contributed by atoms with van der Waals surface area (Å²) in [5, 5.41) is 9.20. The van der Waals surface area contributed by atoms with Crippen molar-refractivity contribution in [3.05, 3.63) is 24.3 Å². The molecule has 0 amide bonds. The average Bonchev–Trinajstić information content (AvgIpc) is 2.11. The summed E-state index contributed by atoms with van der Waals surface area (Å²) in [6, 6.07) is 0. The molecule has 0 aromatic carbocycles. The summed E-state index contributed by atoms with van der Waals surface area (Å²) in [6.45, 7) is 9.29. The molecular formula is C10H16O3. The number of esters is 1. The molecule has 3 nitrogen and oxygen atoms in total. The predicted molar refractivity (Wildman–Crippen MR) is 51.2 cm³/mol. The lowest BCUT2D eigenvalue weighted by atomic mass is 10.0. The number of methoxy groups -OCH3 is 1. The molecule has 0 saturated heterocycles. The summed E-state index contributed by atoms with van der Waals surface area (Å²) in [7, 11) is 1.25. The van der Waals surface area contributed by atoms with Crippen LogP contribution >= 0.6 is 0 Å². The summed E-state index contributed by atoms with van der Waals surface area (Å²) in [5.41, 5.74) is 1.72. The van der Waals surface area contributed by atoms with Gasteiger partial charge in [0, 0.05) is 0 Å². The number of hydrogen-bond acceptors (Lipinski definition) is 3. The number of allylic oxidation sites excluding steroid dienone is 2. The molecule has 1 unspecified atom stereocenters. The van der Waals surface area contributed by atoms with Crippen LogP contribution in [0.2, 0.25) is 0 Å². The smallest absolute Gasteiger partial charge is 0.334 e. The van der Waals surface area contributed by atoms with Gasteiger partial charge >= 0.3 is 5.97 Å². The molecule has 0 aliphatic heterocycles. The maximum absolute atomic E-state index is 10.8. The molecule has 1 N–H and O–H groups in total. The van der Waals surface area contributed by atoms with E-state index < -0.39 is 12.1 Å². The van der Waals surface area contributed by atoms with Gasteiger partial charge in [-0.05, 0) is 19.8 Å². The molecule has 0 heterocycles. The molecule has 0 spiro atoms. The van der Waals surface area contributed by atoms with Crippen molar-refractivity contribution < 1.29 is 14.6 Å². The van der Waals surface area contributed by atoms with E-state index in [-0.39, 0.29) is 0 Å². The third-order valence-corrected chi connectivity index (χ3v) is 1.80. The highest BCUT2D eigenvalue weighted by atomic mass is 16.5. The lowest BCUT2D eigenvalue weighted by molar-refractivity contribution is -0.150. The molecule has 13 heavy (non-hydrogen) atoms. The predicted octanol–water partition coefficient (Wildman–Crippen LogP) is 1.43. The van der Waals surface area contributed by atoms with Crippen molar-refractivity contribution in [3.8, 4) is 0 Å². The highest BCUT2D eigenvalue weighted by molar-refractivity contribution is 5.74. The maximum atomic E-state index is 10.8. The van der Waals surface area contributed by atoms with Crippen LogP contribution < -0.4 is 0 Å². The van der Waals surface area contributed by atoms with Crippen LogP contribution in [-0.2, 0) is 9.53 Å². The number of aliphatic hydroxyl groups excluding tert-OH is 1. The molecule has 0 rings (SSSR count). The standard InChI is InChI=1S/C10H16O3/c1-7(2)8(3)5-6-9(11)10(12)13-4/h9,11H,1,3,5-6H2,2,4H3. The topological polar surface area (TPSA) is 46.5 Å². The first kappa shape index (κ1) is 11.9. The number of hydrogen-bond donors (Lipinski definition) is 1. The molecule has 0 aliphatic rings. The van der Waals surface area contributed by atoms with Crippen molar-refractivity contribution >= 4 is 5.97 Å². The fraction of sp³-hybridized carbons (Fsp3) is 0.500. The lowest BCUT2D eigenvalue weighted by Gasteiger charge is -2.09. The van der Waals surface area contributed by atoms with Crippen LogP contribution in [0.1, 0.15) is 19.8 Å². The van der Waals surface area contributed by atoms with Gasteiger partial charge in [0.15, 0.2) is 6.10 Å². The summed E-state index contributed by atoms with van der Waals surface area (Å²) in [4.78, 5) is 10.8. The van der Waals surface area contributed by atoms with Gasteiger partial charge in [0.25, 0.3) is 0 Å². The number of ether oxygens (including phenoxy) is 1. The number of rotatable bonds is 5. The van der Waals surface area contributed by atoms with E-state index in [4.69, 9.17) is 0 Å². The first-order chi connectivity index (χ1) is 5.99. The Hall–Kier alpha value is -1.09. The van der Waals surface area contributed by atoms with Crippen molar-refractivity contribution in [1.82, 2.24) is 0 Å². The van der Waals surface area contributed by atoms with E-state index in [0.717, 1.165) is 11.1 Å². The summed E-state index contributed by atoms with van der Waals surface area (Å²) < 4.78 is 4.36. The first-order valence-corrected chi connectivity index (χ1v) is 4.08.